The molecule has 2 nitrogen and oxygen atoms in total. The Morgan fingerprint density at radius 1 is 1.27 bits per heavy atom. The van der Waals surface area contributed by atoms with Crippen molar-refractivity contribution in [3.8, 4) is 0 Å². The Hall–Kier alpha value is -0.610. The zero-order chi connectivity index (χ0) is 10.5. The number of thioether (sulfide) groups is 2. The summed E-state index contributed by atoms with van der Waals surface area (Å²) in [6.45, 7) is 0. The Morgan fingerprint density at radius 3 is 2.73 bits per heavy atom. The third-order valence-corrected chi connectivity index (χ3v) is 4.90. The second-order valence-electron chi connectivity index (χ2n) is 3.29. The summed E-state index contributed by atoms with van der Waals surface area (Å²) in [6.07, 6.45) is 0. The van der Waals surface area contributed by atoms with E-state index in [9.17, 15) is 4.79 Å². The molecule has 1 amide bonds. The maximum absolute atomic E-state index is 11.8. The number of nitrogens with one attached hydrogen (secondary N) is 1. The van der Waals surface area contributed by atoms with Crippen LogP contribution in [-0.4, -0.2) is 28.4 Å². The van der Waals surface area contributed by atoms with Gasteiger partial charge in [-0.15, -0.1) is 11.8 Å². The lowest BCUT2D eigenvalue weighted by Gasteiger charge is -2.20. The molecule has 1 heterocycles. The minimum absolute atomic E-state index is 0.115. The fourth-order valence-corrected chi connectivity index (χ4v) is 3.94. The van der Waals surface area contributed by atoms with Crippen molar-refractivity contribution in [3.05, 3.63) is 30.3 Å². The molecule has 0 radical (unpaired) electrons. The second-order valence-corrected chi connectivity index (χ2v) is 5.75. The van der Waals surface area contributed by atoms with Gasteiger partial charge in [-0.1, -0.05) is 18.2 Å². The van der Waals surface area contributed by atoms with Crippen LogP contribution >= 0.6 is 23.5 Å². The van der Waals surface area contributed by atoms with Gasteiger partial charge in [-0.25, -0.2) is 0 Å². The van der Waals surface area contributed by atoms with Gasteiger partial charge in [0.05, 0.1) is 5.25 Å². The van der Waals surface area contributed by atoms with Gasteiger partial charge in [-0.2, -0.15) is 11.8 Å². The van der Waals surface area contributed by atoms with E-state index in [-0.39, 0.29) is 11.2 Å². The molecule has 0 aliphatic carbocycles. The van der Waals surface area contributed by atoms with Crippen LogP contribution in [-0.2, 0) is 4.79 Å². The number of benzene rings is 1. The molecule has 1 aromatic carbocycles. The molecule has 1 saturated heterocycles. The highest BCUT2D eigenvalue weighted by Gasteiger charge is 2.21. The zero-order valence-corrected chi connectivity index (χ0v) is 9.94. The number of anilines is 1. The van der Waals surface area contributed by atoms with E-state index in [4.69, 9.17) is 0 Å². The monoisotopic (exact) mass is 239 g/mol. The van der Waals surface area contributed by atoms with Crippen molar-refractivity contribution in [2.75, 3.05) is 22.6 Å². The third-order valence-electron chi connectivity index (χ3n) is 2.15. The first-order valence-corrected chi connectivity index (χ1v) is 7.12. The fraction of sp³-hybridized carbons (Fsp3) is 0.364. The number of para-hydroxylation sites is 1. The van der Waals surface area contributed by atoms with Crippen molar-refractivity contribution in [1.29, 1.82) is 0 Å². The number of carbonyl (C=O) groups excluding carboxylic acids is 1. The molecule has 1 unspecified atom stereocenters. The first-order chi connectivity index (χ1) is 7.36. The molecular formula is C11H13NOS2. The van der Waals surface area contributed by atoms with E-state index in [1.54, 1.807) is 11.8 Å². The van der Waals surface area contributed by atoms with Crippen molar-refractivity contribution in [1.82, 2.24) is 0 Å². The van der Waals surface area contributed by atoms with Crippen LogP contribution in [0.15, 0.2) is 30.3 Å². The molecule has 1 atom stereocenters. The number of carbonyl (C=O) groups is 1. The Balaban J connectivity index is 1.91. The van der Waals surface area contributed by atoms with Gasteiger partial charge in [0.25, 0.3) is 0 Å². The molecule has 1 fully saturated rings. The summed E-state index contributed by atoms with van der Waals surface area (Å²) in [7, 11) is 0. The Labute approximate surface area is 98.2 Å². The molecule has 1 N–H and O–H groups in total. The summed E-state index contributed by atoms with van der Waals surface area (Å²) in [5.41, 5.74) is 0.888. The largest absolute Gasteiger partial charge is 0.325 e. The van der Waals surface area contributed by atoms with Gasteiger partial charge in [0.2, 0.25) is 5.91 Å². The van der Waals surface area contributed by atoms with Crippen LogP contribution in [0.2, 0.25) is 0 Å². The number of rotatable bonds is 2. The van der Waals surface area contributed by atoms with Crippen molar-refractivity contribution in [2.24, 2.45) is 0 Å². The van der Waals surface area contributed by atoms with Gasteiger partial charge in [-0.3, -0.25) is 4.79 Å². The molecule has 0 spiro atoms. The minimum atomic E-state index is 0.115. The molecule has 1 aliphatic rings. The topological polar surface area (TPSA) is 29.1 Å². The van der Waals surface area contributed by atoms with Gasteiger partial charge >= 0.3 is 0 Å². The third kappa shape index (κ3) is 3.18. The van der Waals surface area contributed by atoms with Crippen molar-refractivity contribution in [2.45, 2.75) is 5.25 Å². The van der Waals surface area contributed by atoms with Crippen LogP contribution in [0.5, 0.6) is 0 Å². The van der Waals surface area contributed by atoms with Crippen molar-refractivity contribution >= 4 is 35.1 Å². The summed E-state index contributed by atoms with van der Waals surface area (Å²) in [6, 6.07) is 9.63. The smallest absolute Gasteiger partial charge is 0.238 e. The average molecular weight is 239 g/mol. The lowest BCUT2D eigenvalue weighted by atomic mass is 10.3. The highest BCUT2D eigenvalue weighted by atomic mass is 32.2. The molecule has 15 heavy (non-hydrogen) atoms. The lowest BCUT2D eigenvalue weighted by Crippen LogP contribution is -2.30. The molecule has 0 bridgehead atoms. The molecular weight excluding hydrogens is 226 g/mol. The standard InChI is InChI=1S/C11H13NOS2/c13-11(10-8-14-6-7-15-10)12-9-4-2-1-3-5-9/h1-5,10H,6-8H2,(H,12,13). The van der Waals surface area contributed by atoms with Crippen LogP contribution in [0.1, 0.15) is 0 Å². The predicted octanol–water partition coefficient (Wildman–Crippen LogP) is 2.47. The molecule has 0 saturated carbocycles. The minimum Gasteiger partial charge on any atom is -0.325 e. The summed E-state index contributed by atoms with van der Waals surface area (Å²) in [5.74, 6) is 3.32. The SMILES string of the molecule is O=C(Nc1ccccc1)C1CSCCS1. The maximum atomic E-state index is 11.8. The summed E-state index contributed by atoms with van der Waals surface area (Å²) in [5, 5.41) is 3.05. The summed E-state index contributed by atoms with van der Waals surface area (Å²) >= 11 is 3.62. The van der Waals surface area contributed by atoms with E-state index in [0.717, 1.165) is 17.2 Å². The summed E-state index contributed by atoms with van der Waals surface area (Å²) in [4.78, 5) is 11.8. The molecule has 0 aromatic heterocycles. The maximum Gasteiger partial charge on any atom is 0.238 e. The van der Waals surface area contributed by atoms with E-state index in [1.807, 2.05) is 42.1 Å². The van der Waals surface area contributed by atoms with Crippen LogP contribution in [0.4, 0.5) is 5.69 Å². The first-order valence-electron chi connectivity index (χ1n) is 4.91. The quantitative estimate of drug-likeness (QED) is 0.859. The number of amides is 1. The summed E-state index contributed by atoms with van der Waals surface area (Å²) < 4.78 is 0. The van der Waals surface area contributed by atoms with Crippen LogP contribution in [0.25, 0.3) is 0 Å². The Kier molecular flexibility index (Phi) is 3.97. The van der Waals surface area contributed by atoms with E-state index in [2.05, 4.69) is 5.32 Å². The molecule has 1 aromatic rings. The molecule has 1 aliphatic heterocycles. The van der Waals surface area contributed by atoms with Crippen LogP contribution < -0.4 is 5.32 Å². The van der Waals surface area contributed by atoms with Crippen molar-refractivity contribution in [3.63, 3.8) is 0 Å². The highest BCUT2D eigenvalue weighted by Crippen LogP contribution is 2.24. The predicted molar refractivity (Wildman–Crippen MR) is 68.6 cm³/mol. The molecule has 4 heteroatoms. The Morgan fingerprint density at radius 2 is 2.07 bits per heavy atom. The first kappa shape index (κ1) is 10.9. The molecule has 2 rings (SSSR count). The lowest BCUT2D eigenvalue weighted by molar-refractivity contribution is -0.115. The fourth-order valence-electron chi connectivity index (χ4n) is 1.38. The van der Waals surface area contributed by atoms with Gasteiger partial charge in [0.15, 0.2) is 0 Å². The van der Waals surface area contributed by atoms with Crippen LogP contribution in [0.3, 0.4) is 0 Å². The van der Waals surface area contributed by atoms with Gasteiger partial charge in [0, 0.05) is 22.9 Å². The number of hydrogen-bond acceptors (Lipinski definition) is 3. The normalized spacial score (nSPS) is 20.9. The van der Waals surface area contributed by atoms with E-state index in [0.29, 0.717) is 0 Å². The van der Waals surface area contributed by atoms with Gasteiger partial charge in [-0.05, 0) is 12.1 Å². The van der Waals surface area contributed by atoms with Gasteiger partial charge in [0.1, 0.15) is 0 Å². The highest BCUT2D eigenvalue weighted by molar-refractivity contribution is 8.07. The zero-order valence-electron chi connectivity index (χ0n) is 8.31. The number of hydrogen-bond donors (Lipinski definition) is 1. The Bertz CT molecular complexity index is 323. The van der Waals surface area contributed by atoms with Gasteiger partial charge < -0.3 is 5.32 Å². The van der Waals surface area contributed by atoms with Crippen LogP contribution in [0, 0.1) is 0 Å². The second kappa shape index (κ2) is 5.47. The van der Waals surface area contributed by atoms with E-state index >= 15 is 0 Å². The average Bonchev–Trinajstić information content (AvgIpc) is 2.31. The van der Waals surface area contributed by atoms with Crippen molar-refractivity contribution < 1.29 is 4.79 Å². The van der Waals surface area contributed by atoms with E-state index in [1.165, 1.54) is 5.75 Å². The van der Waals surface area contributed by atoms with E-state index < -0.39 is 0 Å². The molecule has 80 valence electrons.